The monoisotopic (exact) mass is 600 g/mol. The van der Waals surface area contributed by atoms with Gasteiger partial charge in [0.15, 0.2) is 0 Å². The number of unbranched alkanes of at least 4 members (excludes halogenated alkanes) is 10. The Hall–Kier alpha value is -1.28. The van der Waals surface area contributed by atoms with E-state index in [0.29, 0.717) is 17.4 Å². The molecular weight excluding hydrogens is 539 g/mol. The van der Waals surface area contributed by atoms with Gasteiger partial charge in [-0.3, -0.25) is 9.36 Å². The van der Waals surface area contributed by atoms with Gasteiger partial charge in [-0.15, -0.1) is 0 Å². The zero-order valence-electron chi connectivity index (χ0n) is 26.7. The van der Waals surface area contributed by atoms with Crippen molar-refractivity contribution in [1.82, 2.24) is 5.32 Å². The minimum absolute atomic E-state index is 0.0101. The Morgan fingerprint density at radius 2 is 1.37 bits per heavy atom. The van der Waals surface area contributed by atoms with Gasteiger partial charge in [-0.05, 0) is 44.9 Å². The number of likely N-dealkylation sites (N-methyl/N-ethyl adjacent to an activating group) is 1. The molecule has 0 saturated heterocycles. The van der Waals surface area contributed by atoms with Crippen LogP contribution in [0.3, 0.4) is 0 Å². The minimum Gasteiger partial charge on any atom is -0.756 e. The predicted octanol–water partition coefficient (Wildman–Crippen LogP) is 6.60. The highest BCUT2D eigenvalue weighted by atomic mass is 31.2. The van der Waals surface area contributed by atoms with Gasteiger partial charge in [0.2, 0.25) is 5.91 Å². The lowest BCUT2D eigenvalue weighted by molar-refractivity contribution is -0.870. The molecule has 0 aliphatic carbocycles. The van der Waals surface area contributed by atoms with Crippen molar-refractivity contribution in [3.05, 3.63) is 36.5 Å². The molecule has 240 valence electrons. The number of carbonyl (C=O) groups is 1. The fourth-order valence-electron chi connectivity index (χ4n) is 3.94. The first kappa shape index (κ1) is 39.7. The molecule has 0 aromatic heterocycles. The fraction of sp³-hybridized carbons (Fsp3) is 0.781. The van der Waals surface area contributed by atoms with Gasteiger partial charge >= 0.3 is 0 Å². The van der Waals surface area contributed by atoms with Crippen LogP contribution in [0.1, 0.15) is 110 Å². The molecule has 0 fully saturated rings. The predicted molar refractivity (Wildman–Crippen MR) is 168 cm³/mol. The van der Waals surface area contributed by atoms with E-state index in [4.69, 9.17) is 9.05 Å². The number of quaternary nitrogens is 1. The van der Waals surface area contributed by atoms with E-state index in [0.717, 1.165) is 44.9 Å². The van der Waals surface area contributed by atoms with Crippen LogP contribution >= 0.6 is 7.82 Å². The Bertz CT molecular complexity index is 779. The lowest BCUT2D eigenvalue weighted by Gasteiger charge is -2.29. The average Bonchev–Trinajstić information content (AvgIpc) is 2.90. The van der Waals surface area contributed by atoms with E-state index in [-0.39, 0.29) is 12.5 Å². The van der Waals surface area contributed by atoms with Crippen molar-refractivity contribution < 1.29 is 32.9 Å². The van der Waals surface area contributed by atoms with E-state index in [9.17, 15) is 19.4 Å². The van der Waals surface area contributed by atoms with Crippen LogP contribution in [0.4, 0.5) is 0 Å². The number of carbonyl (C=O) groups excluding carboxylic acids is 1. The summed E-state index contributed by atoms with van der Waals surface area (Å²) in [5.74, 6) is -0.241. The Morgan fingerprint density at radius 1 is 0.829 bits per heavy atom. The number of phosphoric ester groups is 1. The molecule has 0 aliphatic heterocycles. The molecular formula is C32H61N2O6P. The molecule has 8 nitrogen and oxygen atoms in total. The molecule has 41 heavy (non-hydrogen) atoms. The van der Waals surface area contributed by atoms with E-state index in [1.807, 2.05) is 27.2 Å². The average molecular weight is 601 g/mol. The van der Waals surface area contributed by atoms with E-state index < -0.39 is 26.6 Å². The Kier molecular flexibility index (Phi) is 24.5. The van der Waals surface area contributed by atoms with Crippen molar-refractivity contribution in [2.75, 3.05) is 40.9 Å². The largest absolute Gasteiger partial charge is 0.756 e. The van der Waals surface area contributed by atoms with Crippen molar-refractivity contribution in [1.29, 1.82) is 0 Å². The summed E-state index contributed by atoms with van der Waals surface area (Å²) in [5.41, 5.74) is 0. The summed E-state index contributed by atoms with van der Waals surface area (Å²) >= 11 is 0. The second kappa shape index (κ2) is 25.2. The van der Waals surface area contributed by atoms with E-state index in [2.05, 4.69) is 43.5 Å². The topological polar surface area (TPSA) is 108 Å². The van der Waals surface area contributed by atoms with Crippen molar-refractivity contribution in [2.45, 2.75) is 122 Å². The summed E-state index contributed by atoms with van der Waals surface area (Å²) in [6, 6.07) is -0.900. The number of nitrogens with one attached hydrogen (secondary N) is 1. The summed E-state index contributed by atoms with van der Waals surface area (Å²) in [6.07, 6.45) is 27.0. The molecule has 1 amide bonds. The number of amides is 1. The van der Waals surface area contributed by atoms with E-state index >= 15 is 0 Å². The van der Waals surface area contributed by atoms with Gasteiger partial charge < -0.3 is 28.8 Å². The van der Waals surface area contributed by atoms with E-state index in [1.165, 1.54) is 44.9 Å². The van der Waals surface area contributed by atoms with Crippen LogP contribution in [-0.2, 0) is 18.4 Å². The first-order valence-electron chi connectivity index (χ1n) is 15.9. The van der Waals surface area contributed by atoms with Crippen molar-refractivity contribution in [3.8, 4) is 0 Å². The highest BCUT2D eigenvalue weighted by molar-refractivity contribution is 7.45. The van der Waals surface area contributed by atoms with Crippen LogP contribution < -0.4 is 10.2 Å². The second-order valence-corrected chi connectivity index (χ2v) is 13.2. The van der Waals surface area contributed by atoms with Gasteiger partial charge in [0.25, 0.3) is 7.82 Å². The molecule has 0 heterocycles. The summed E-state index contributed by atoms with van der Waals surface area (Å²) < 4.78 is 22.7. The lowest BCUT2D eigenvalue weighted by atomic mass is 10.1. The van der Waals surface area contributed by atoms with Crippen LogP contribution in [0.15, 0.2) is 36.5 Å². The molecule has 0 spiro atoms. The number of nitrogens with zero attached hydrogens (tertiary/aromatic N) is 1. The number of allylic oxidation sites excluding steroid dienone is 5. The maximum absolute atomic E-state index is 12.4. The fourth-order valence-corrected chi connectivity index (χ4v) is 4.67. The first-order chi connectivity index (χ1) is 19.5. The van der Waals surface area contributed by atoms with Crippen molar-refractivity contribution in [2.24, 2.45) is 0 Å². The molecule has 3 atom stereocenters. The normalized spacial score (nSPS) is 15.6. The standard InChI is InChI=1S/C32H61N2O6P/c1-6-8-10-11-12-13-14-15-16-17-18-19-20-21-22-24-25-31(35)30(33-32(36)26-23-9-7-2)29-40-41(37,38)39-28-27-34(3,4)5/h15-16,19-20,24-25,30-31,35H,6-14,17-18,21-23,26-29H2,1-5H3,(H-,33,36,37,38)/b16-15+,20-19+,25-24+. The number of aliphatic hydroxyl groups excluding tert-OH is 1. The number of rotatable bonds is 27. The van der Waals surface area contributed by atoms with Gasteiger partial charge in [0.1, 0.15) is 13.2 Å². The van der Waals surface area contributed by atoms with Gasteiger partial charge in [-0.25, -0.2) is 0 Å². The highest BCUT2D eigenvalue weighted by Crippen LogP contribution is 2.38. The highest BCUT2D eigenvalue weighted by Gasteiger charge is 2.23. The maximum atomic E-state index is 12.4. The van der Waals surface area contributed by atoms with Crippen LogP contribution in [0.5, 0.6) is 0 Å². The number of aliphatic hydroxyl groups is 1. The van der Waals surface area contributed by atoms with Gasteiger partial charge in [0.05, 0.1) is 39.9 Å². The van der Waals surface area contributed by atoms with Gasteiger partial charge in [-0.2, -0.15) is 0 Å². The summed E-state index contributed by atoms with van der Waals surface area (Å²) in [4.78, 5) is 24.6. The maximum Gasteiger partial charge on any atom is 0.268 e. The Balaban J connectivity index is 4.52. The first-order valence-corrected chi connectivity index (χ1v) is 17.3. The zero-order chi connectivity index (χ0) is 30.8. The zero-order valence-corrected chi connectivity index (χ0v) is 27.6. The molecule has 0 bridgehead atoms. The molecule has 9 heteroatoms. The molecule has 0 aliphatic rings. The molecule has 0 aromatic carbocycles. The molecule has 0 saturated carbocycles. The number of hydrogen-bond donors (Lipinski definition) is 2. The number of phosphoric acid groups is 1. The second-order valence-electron chi connectivity index (χ2n) is 11.8. The third kappa shape index (κ3) is 27.3. The van der Waals surface area contributed by atoms with E-state index in [1.54, 1.807) is 6.08 Å². The van der Waals surface area contributed by atoms with Crippen LogP contribution in [-0.4, -0.2) is 68.5 Å². The van der Waals surface area contributed by atoms with Crippen LogP contribution in [0.2, 0.25) is 0 Å². The Morgan fingerprint density at radius 3 is 1.98 bits per heavy atom. The SMILES string of the molecule is CCCCCCCC/C=C/CC/C=C/CC/C=C/C(O)C(COP(=O)([O-])OCC[N+](C)(C)C)NC(=O)CCCCC. The smallest absolute Gasteiger partial charge is 0.268 e. The summed E-state index contributed by atoms with van der Waals surface area (Å²) in [7, 11) is 1.22. The number of hydrogen-bond acceptors (Lipinski definition) is 6. The van der Waals surface area contributed by atoms with Crippen LogP contribution in [0.25, 0.3) is 0 Å². The minimum atomic E-state index is -4.57. The lowest BCUT2D eigenvalue weighted by Crippen LogP contribution is -2.45. The third-order valence-electron chi connectivity index (χ3n) is 6.58. The van der Waals surface area contributed by atoms with Gasteiger partial charge in [-0.1, -0.05) is 95.2 Å². The van der Waals surface area contributed by atoms with Gasteiger partial charge in [0, 0.05) is 6.42 Å². The summed E-state index contributed by atoms with van der Waals surface area (Å²) in [6.45, 7) is 4.38. The molecule has 3 unspecified atom stereocenters. The van der Waals surface area contributed by atoms with Crippen LogP contribution in [0, 0.1) is 0 Å². The van der Waals surface area contributed by atoms with Crippen molar-refractivity contribution in [3.63, 3.8) is 0 Å². The summed E-state index contributed by atoms with van der Waals surface area (Å²) in [5, 5.41) is 13.4. The Labute approximate surface area is 251 Å². The third-order valence-corrected chi connectivity index (χ3v) is 7.54. The molecule has 0 radical (unpaired) electrons. The molecule has 2 N–H and O–H groups in total. The molecule has 0 aromatic rings. The van der Waals surface area contributed by atoms with Crippen molar-refractivity contribution >= 4 is 13.7 Å². The quantitative estimate of drug-likeness (QED) is 0.0476. The molecule has 0 rings (SSSR count).